The van der Waals surface area contributed by atoms with E-state index in [1.165, 1.54) is 22.7 Å². The second-order valence-corrected chi connectivity index (χ2v) is 15.2. The van der Waals surface area contributed by atoms with E-state index in [1.807, 2.05) is 13.8 Å². The van der Waals surface area contributed by atoms with Gasteiger partial charge in [-0.3, -0.25) is 9.59 Å². The van der Waals surface area contributed by atoms with E-state index in [-0.39, 0.29) is 44.8 Å². The van der Waals surface area contributed by atoms with E-state index >= 15 is 0 Å². The zero-order valence-corrected chi connectivity index (χ0v) is 29.1. The molecule has 3 aliphatic rings. The van der Waals surface area contributed by atoms with Crippen molar-refractivity contribution in [3.05, 3.63) is 122 Å². The summed E-state index contributed by atoms with van der Waals surface area (Å²) in [5.41, 5.74) is -2.87. The van der Waals surface area contributed by atoms with Gasteiger partial charge in [-0.05, 0) is 61.4 Å². The first-order valence-electron chi connectivity index (χ1n) is 15.0. The molecule has 0 saturated carbocycles. The third-order valence-corrected chi connectivity index (χ3v) is 12.1. The number of aliphatic imine (C=N–C) groups is 2. The fourth-order valence-corrected chi connectivity index (χ4v) is 10.0. The van der Waals surface area contributed by atoms with Gasteiger partial charge in [-0.1, -0.05) is 0 Å². The van der Waals surface area contributed by atoms with E-state index in [0.29, 0.717) is 35.6 Å². The minimum absolute atomic E-state index is 0.103. The van der Waals surface area contributed by atoms with Crippen LogP contribution in [0.2, 0.25) is 0 Å². The Morgan fingerprint density at radius 1 is 0.717 bits per heavy atom. The molecule has 0 unspecified atom stereocenters. The van der Waals surface area contributed by atoms with Crippen molar-refractivity contribution in [2.24, 2.45) is 9.98 Å². The van der Waals surface area contributed by atoms with E-state index in [1.54, 1.807) is 24.3 Å². The van der Waals surface area contributed by atoms with Gasteiger partial charge in [-0.2, -0.15) is 0 Å². The molecule has 3 aromatic heterocycles. The predicted molar refractivity (Wildman–Crippen MR) is 191 cm³/mol. The summed E-state index contributed by atoms with van der Waals surface area (Å²) in [6.07, 6.45) is 0. The van der Waals surface area contributed by atoms with Crippen LogP contribution in [0.4, 0.5) is 27.6 Å². The van der Waals surface area contributed by atoms with E-state index in [2.05, 4.69) is 19.7 Å². The molecular weight excluding hydrogens is 749 g/mol. The number of Topliss-reactive ketones (excluding diaryl/α,β-unsaturated/α-hetero) is 2. The van der Waals surface area contributed by atoms with Crippen LogP contribution < -0.4 is 4.74 Å². The molecule has 2 aromatic carbocycles. The van der Waals surface area contributed by atoms with Gasteiger partial charge in [0.2, 0.25) is 11.6 Å². The van der Waals surface area contributed by atoms with E-state index < -0.39 is 51.8 Å². The zero-order valence-electron chi connectivity index (χ0n) is 26.6. The van der Waals surface area contributed by atoms with Gasteiger partial charge in [0, 0.05) is 27.8 Å². The van der Waals surface area contributed by atoms with Crippen LogP contribution in [0.5, 0.6) is 5.75 Å². The maximum absolute atomic E-state index is 14.3. The quantitative estimate of drug-likeness (QED) is 0.101. The van der Waals surface area contributed by atoms with Crippen LogP contribution >= 0.6 is 34.0 Å². The maximum atomic E-state index is 14.3. The molecule has 1 aliphatic heterocycles. The van der Waals surface area contributed by atoms with Gasteiger partial charge in [0.25, 0.3) is 11.4 Å². The summed E-state index contributed by atoms with van der Waals surface area (Å²) in [4.78, 5) is 43.7. The number of carbonyl (C=O) groups excluding carboxylic acids is 2. The van der Waals surface area contributed by atoms with Gasteiger partial charge >= 0.3 is 0 Å². The van der Waals surface area contributed by atoms with E-state index in [9.17, 15) is 37.7 Å². The summed E-state index contributed by atoms with van der Waals surface area (Å²) in [6, 6.07) is 9.79. The number of benzene rings is 2. The van der Waals surface area contributed by atoms with Crippen molar-refractivity contribution < 1.29 is 31.9 Å². The van der Waals surface area contributed by atoms with Crippen molar-refractivity contribution in [1.82, 2.24) is 0 Å². The number of nitriles is 2. The Hall–Kier alpha value is -6.56. The smallest absolute Gasteiger partial charge is 0.271 e. The zero-order chi connectivity index (χ0) is 37.7. The number of carbonyl (C=O) groups is 2. The Morgan fingerprint density at radius 2 is 1.19 bits per heavy atom. The Morgan fingerprint density at radius 3 is 1.66 bits per heavy atom. The molecule has 0 amide bonds. The SMILES string of the molecule is [C-]#[N+]C(C#N)=C1C(=Nc2cc3c(s2)-c2sc4cc(N=C5C(=O)c6cc(F)c(F)cc6/C5=C(/C#N)[N+]#[C-])sc4c2OC3(C)C)C(=O)c2cc(F)c(F)cc21. The molecule has 0 spiro atoms. The molecule has 0 saturated heterocycles. The minimum Gasteiger partial charge on any atom is -0.480 e. The minimum atomic E-state index is -1.26. The highest BCUT2D eigenvalue weighted by Crippen LogP contribution is 2.59. The Labute approximate surface area is 307 Å². The normalized spacial score (nSPS) is 18.5. The van der Waals surface area contributed by atoms with Crippen LogP contribution in [0.25, 0.3) is 40.0 Å². The van der Waals surface area contributed by atoms with E-state index in [4.69, 9.17) is 17.9 Å². The number of halogens is 4. The number of nitrogens with zero attached hydrogens (tertiary/aromatic N) is 6. The fourth-order valence-electron chi connectivity index (χ4n) is 6.32. The van der Waals surface area contributed by atoms with Gasteiger partial charge < -0.3 is 4.74 Å². The first-order chi connectivity index (χ1) is 25.3. The first kappa shape index (κ1) is 33.6. The van der Waals surface area contributed by atoms with Crippen molar-refractivity contribution in [3.63, 3.8) is 0 Å². The number of rotatable bonds is 2. The molecule has 0 fully saturated rings. The lowest BCUT2D eigenvalue weighted by atomic mass is 9.95. The van der Waals surface area contributed by atoms with Crippen LogP contribution in [-0.2, 0) is 5.60 Å². The molecule has 16 heteroatoms. The molecule has 254 valence electrons. The van der Waals surface area contributed by atoms with Gasteiger partial charge in [0.15, 0.2) is 29.0 Å². The molecule has 53 heavy (non-hydrogen) atoms. The van der Waals surface area contributed by atoms with Gasteiger partial charge in [0.05, 0.1) is 44.4 Å². The largest absolute Gasteiger partial charge is 0.480 e. The molecule has 8 rings (SSSR count). The van der Waals surface area contributed by atoms with Crippen molar-refractivity contribution >= 4 is 87.5 Å². The lowest BCUT2D eigenvalue weighted by molar-refractivity contribution is 0.106. The standard InChI is InChI=1S/C37H12F4N6O3S3/c1-37(2)17-9-25(46-29-27(22(11-42)44-3)13-5-18(38)20(40)7-15(13)31(29)48)52-34(17)36-33(50-37)35-24(51-36)10-26(53-35)47-30-28(23(12-43)45-4)14-6-19(39)21(41)8-16(14)32(30)49/h5-10H,1-2H3/b27-22?,28-23+,46-29?,47-30?. The Balaban J connectivity index is 1.23. The molecular formula is C37H12F4N6O3S3. The number of hydrogen-bond acceptors (Lipinski definition) is 10. The second-order valence-electron chi connectivity index (χ2n) is 12.1. The maximum Gasteiger partial charge on any atom is 0.271 e. The summed E-state index contributed by atoms with van der Waals surface area (Å²) in [7, 11) is 0. The molecule has 0 radical (unpaired) electrons. The van der Waals surface area contributed by atoms with Crippen LogP contribution in [0.3, 0.4) is 0 Å². The number of hydrogen-bond donors (Lipinski definition) is 0. The highest BCUT2D eigenvalue weighted by Gasteiger charge is 2.40. The topological polar surface area (TPSA) is 124 Å². The highest BCUT2D eigenvalue weighted by atomic mass is 32.1. The van der Waals surface area contributed by atoms with Crippen LogP contribution in [0.1, 0.15) is 51.3 Å². The first-order valence-corrected chi connectivity index (χ1v) is 17.4. The number of thiophene rings is 3. The molecule has 5 aromatic rings. The van der Waals surface area contributed by atoms with Crippen LogP contribution in [0.15, 0.2) is 57.8 Å². The van der Waals surface area contributed by atoms with Crippen LogP contribution in [-0.4, -0.2) is 23.0 Å². The fraction of sp³-hybridized carbons (Fsp3) is 0.0811. The number of allylic oxidation sites excluding steroid dienone is 4. The summed E-state index contributed by atoms with van der Waals surface area (Å²) in [5.74, 6) is -6.06. The summed E-state index contributed by atoms with van der Waals surface area (Å²) in [5, 5.41) is 19.9. The van der Waals surface area contributed by atoms with Crippen LogP contribution in [0, 0.1) is 59.1 Å². The molecule has 2 aliphatic carbocycles. The summed E-state index contributed by atoms with van der Waals surface area (Å²) >= 11 is 3.69. The number of ether oxygens (including phenoxy) is 1. The lowest BCUT2D eigenvalue weighted by Crippen LogP contribution is -2.27. The Bertz CT molecular complexity index is 2900. The average Bonchev–Trinajstić information content (AvgIpc) is 3.91. The Kier molecular flexibility index (Phi) is 7.44. The van der Waals surface area contributed by atoms with Gasteiger partial charge in [-0.15, -0.1) is 34.0 Å². The third kappa shape index (κ3) is 4.89. The van der Waals surface area contributed by atoms with Crippen molar-refractivity contribution in [2.45, 2.75) is 19.4 Å². The molecule has 0 N–H and O–H groups in total. The van der Waals surface area contributed by atoms with Crippen molar-refractivity contribution in [3.8, 4) is 27.6 Å². The second kappa shape index (κ2) is 11.7. The molecule has 9 nitrogen and oxygen atoms in total. The van der Waals surface area contributed by atoms with Crippen molar-refractivity contribution in [2.75, 3.05) is 0 Å². The monoisotopic (exact) mass is 760 g/mol. The summed E-state index contributed by atoms with van der Waals surface area (Å²) < 4.78 is 64.6. The third-order valence-electron chi connectivity index (χ3n) is 8.65. The molecule has 0 bridgehead atoms. The van der Waals surface area contributed by atoms with Gasteiger partial charge in [-0.25, -0.2) is 47.8 Å². The number of fused-ring (bicyclic) bond motifs is 7. The summed E-state index contributed by atoms with van der Waals surface area (Å²) in [6.45, 7) is 18.6. The van der Waals surface area contributed by atoms with E-state index in [0.717, 1.165) is 40.5 Å². The predicted octanol–water partition coefficient (Wildman–Crippen LogP) is 10.1. The van der Waals surface area contributed by atoms with Crippen molar-refractivity contribution in [1.29, 1.82) is 10.5 Å². The molecule has 0 atom stereocenters. The number of ketones is 2. The lowest BCUT2D eigenvalue weighted by Gasteiger charge is -2.31. The average molecular weight is 761 g/mol. The van der Waals surface area contributed by atoms with Gasteiger partial charge in [0.1, 0.15) is 27.0 Å². The highest BCUT2D eigenvalue weighted by molar-refractivity contribution is 7.33. The molecule has 4 heterocycles.